The number of amides is 2. The maximum Gasteiger partial charge on any atom is 0.434 e. The molecule has 6 nitrogen and oxygen atoms in total. The molecule has 1 saturated heterocycles. The highest BCUT2D eigenvalue weighted by Crippen LogP contribution is 2.22. The highest BCUT2D eigenvalue weighted by molar-refractivity contribution is 5.98. The Kier molecular flexibility index (Phi) is 3.08. The van der Waals surface area contributed by atoms with Crippen molar-refractivity contribution >= 4 is 12.0 Å². The minimum absolute atomic E-state index is 0.251. The summed E-state index contributed by atoms with van der Waals surface area (Å²) >= 11 is 0. The largest absolute Gasteiger partial charge is 0.434 e. The van der Waals surface area contributed by atoms with Gasteiger partial charge >= 0.3 is 6.09 Å². The number of carbonyl (C=O) groups excluding carboxylic acids is 2. The number of hydrogen-bond acceptors (Lipinski definition) is 4. The molecule has 0 atom stereocenters. The van der Waals surface area contributed by atoms with E-state index in [1.54, 1.807) is 17.0 Å². The van der Waals surface area contributed by atoms with E-state index in [1.807, 2.05) is 12.1 Å². The van der Waals surface area contributed by atoms with Gasteiger partial charge in [-0.2, -0.15) is 5.06 Å². The molecule has 0 aliphatic carbocycles. The summed E-state index contributed by atoms with van der Waals surface area (Å²) in [5, 5.41) is 4.29. The second kappa shape index (κ2) is 4.89. The lowest BCUT2D eigenvalue weighted by molar-refractivity contribution is -0.0833. The van der Waals surface area contributed by atoms with Gasteiger partial charge in [-0.1, -0.05) is 18.2 Å². The van der Waals surface area contributed by atoms with Crippen LogP contribution >= 0.6 is 0 Å². The number of piperazine rings is 1. The van der Waals surface area contributed by atoms with Crippen LogP contribution < -0.4 is 5.32 Å². The Morgan fingerprint density at radius 1 is 1.21 bits per heavy atom. The third kappa shape index (κ3) is 2.26. The number of hydrogen-bond donors (Lipinski definition) is 1. The lowest BCUT2D eigenvalue weighted by Gasteiger charge is -2.27. The molecule has 19 heavy (non-hydrogen) atoms. The number of fused-ring (bicyclic) bond motifs is 1. The quantitative estimate of drug-likeness (QED) is 0.804. The van der Waals surface area contributed by atoms with Crippen molar-refractivity contribution in [3.8, 4) is 0 Å². The number of nitrogens with zero attached hydrogens (tertiary/aromatic N) is 2. The zero-order chi connectivity index (χ0) is 13.2. The number of benzene rings is 1. The second-order valence-corrected chi connectivity index (χ2v) is 4.59. The molecule has 1 fully saturated rings. The van der Waals surface area contributed by atoms with Gasteiger partial charge in [-0.15, -0.1) is 0 Å². The van der Waals surface area contributed by atoms with Gasteiger partial charge in [-0.05, 0) is 11.6 Å². The van der Waals surface area contributed by atoms with Crippen LogP contribution in [0.15, 0.2) is 24.3 Å². The fourth-order valence-electron chi connectivity index (χ4n) is 2.30. The summed E-state index contributed by atoms with van der Waals surface area (Å²) in [4.78, 5) is 30.8. The van der Waals surface area contributed by atoms with Crippen LogP contribution in [0.1, 0.15) is 15.9 Å². The van der Waals surface area contributed by atoms with Crippen LogP contribution in [0, 0.1) is 0 Å². The molecule has 1 aromatic carbocycles. The van der Waals surface area contributed by atoms with E-state index in [0.717, 1.165) is 23.7 Å². The monoisotopic (exact) mass is 261 g/mol. The smallest absolute Gasteiger partial charge is 0.318 e. The lowest BCUT2D eigenvalue weighted by Crippen LogP contribution is -2.48. The maximum atomic E-state index is 12.0. The van der Waals surface area contributed by atoms with Gasteiger partial charge in [-0.3, -0.25) is 4.79 Å². The van der Waals surface area contributed by atoms with Crippen molar-refractivity contribution in [2.75, 3.05) is 26.2 Å². The van der Waals surface area contributed by atoms with Crippen LogP contribution in [0.25, 0.3) is 0 Å². The average molecular weight is 261 g/mol. The van der Waals surface area contributed by atoms with Gasteiger partial charge in [0.15, 0.2) is 0 Å². The van der Waals surface area contributed by atoms with E-state index in [1.165, 1.54) is 0 Å². The van der Waals surface area contributed by atoms with Crippen LogP contribution in [0.2, 0.25) is 0 Å². The van der Waals surface area contributed by atoms with Crippen molar-refractivity contribution in [1.82, 2.24) is 15.3 Å². The van der Waals surface area contributed by atoms with E-state index in [2.05, 4.69) is 5.32 Å². The van der Waals surface area contributed by atoms with Crippen molar-refractivity contribution in [3.05, 3.63) is 35.4 Å². The van der Waals surface area contributed by atoms with Gasteiger partial charge in [0.25, 0.3) is 5.91 Å². The van der Waals surface area contributed by atoms with E-state index >= 15 is 0 Å². The standard InChI is InChI=1S/C13H15N3O3/c17-12-11-4-2-1-3-10(11)9-16(12)19-13(18)15-7-5-14-6-8-15/h1-4,14H,5-9H2. The van der Waals surface area contributed by atoms with Crippen LogP contribution in [-0.4, -0.2) is 48.1 Å². The topological polar surface area (TPSA) is 61.9 Å². The second-order valence-electron chi connectivity index (χ2n) is 4.59. The van der Waals surface area contributed by atoms with Crippen molar-refractivity contribution in [2.45, 2.75) is 6.54 Å². The van der Waals surface area contributed by atoms with Gasteiger partial charge in [0.05, 0.1) is 6.54 Å². The summed E-state index contributed by atoms with van der Waals surface area (Å²) in [6.07, 6.45) is -0.456. The first-order valence-electron chi connectivity index (χ1n) is 6.33. The molecule has 2 amide bonds. The molecular formula is C13H15N3O3. The Morgan fingerprint density at radius 3 is 2.68 bits per heavy atom. The van der Waals surface area contributed by atoms with E-state index in [0.29, 0.717) is 25.2 Å². The average Bonchev–Trinajstić information content (AvgIpc) is 2.77. The molecule has 100 valence electrons. The van der Waals surface area contributed by atoms with Crippen molar-refractivity contribution in [3.63, 3.8) is 0 Å². The minimum atomic E-state index is -0.456. The number of carbonyl (C=O) groups is 2. The Morgan fingerprint density at radius 2 is 1.95 bits per heavy atom. The van der Waals surface area contributed by atoms with Crippen LogP contribution in [0.3, 0.4) is 0 Å². The molecule has 0 bridgehead atoms. The Balaban J connectivity index is 1.66. The highest BCUT2D eigenvalue weighted by Gasteiger charge is 2.31. The Bertz CT molecular complexity index is 512. The zero-order valence-electron chi connectivity index (χ0n) is 10.5. The third-order valence-electron chi connectivity index (χ3n) is 3.35. The zero-order valence-corrected chi connectivity index (χ0v) is 10.5. The first-order valence-corrected chi connectivity index (χ1v) is 6.33. The van der Waals surface area contributed by atoms with Crippen LogP contribution in [-0.2, 0) is 11.4 Å². The van der Waals surface area contributed by atoms with Crippen molar-refractivity contribution < 1.29 is 14.4 Å². The molecule has 0 radical (unpaired) electrons. The van der Waals surface area contributed by atoms with E-state index < -0.39 is 6.09 Å². The first-order chi connectivity index (χ1) is 9.25. The molecule has 2 aliphatic heterocycles. The Labute approximate surface area is 110 Å². The predicted octanol–water partition coefficient (Wildman–Crippen LogP) is 0.599. The summed E-state index contributed by atoms with van der Waals surface area (Å²) < 4.78 is 0. The molecule has 3 rings (SSSR count). The summed E-state index contributed by atoms with van der Waals surface area (Å²) in [6, 6.07) is 7.29. The number of rotatable bonds is 1. The summed E-state index contributed by atoms with van der Waals surface area (Å²) in [7, 11) is 0. The van der Waals surface area contributed by atoms with Crippen LogP contribution in [0.4, 0.5) is 4.79 Å². The van der Waals surface area contributed by atoms with Gasteiger partial charge in [-0.25, -0.2) is 4.79 Å². The molecule has 0 unspecified atom stereocenters. The molecule has 1 aromatic rings. The molecule has 2 aliphatic rings. The molecular weight excluding hydrogens is 246 g/mol. The van der Waals surface area contributed by atoms with Gasteiger partial charge in [0.2, 0.25) is 0 Å². The van der Waals surface area contributed by atoms with E-state index in [-0.39, 0.29) is 5.91 Å². The highest BCUT2D eigenvalue weighted by atomic mass is 16.7. The van der Waals surface area contributed by atoms with Gasteiger partial charge < -0.3 is 15.1 Å². The minimum Gasteiger partial charge on any atom is -0.318 e. The summed E-state index contributed by atoms with van der Waals surface area (Å²) in [6.45, 7) is 3.04. The fourth-order valence-corrected chi connectivity index (χ4v) is 2.30. The number of hydroxylamine groups is 2. The molecule has 0 saturated carbocycles. The SMILES string of the molecule is O=C(ON1Cc2ccccc2C1=O)N1CCNCC1. The maximum absolute atomic E-state index is 12.0. The molecule has 6 heteroatoms. The van der Waals surface area contributed by atoms with Crippen molar-refractivity contribution in [1.29, 1.82) is 0 Å². The van der Waals surface area contributed by atoms with Crippen LogP contribution in [0.5, 0.6) is 0 Å². The summed E-state index contributed by atoms with van der Waals surface area (Å²) in [5.74, 6) is -0.251. The number of nitrogens with one attached hydrogen (secondary N) is 1. The molecule has 0 aromatic heterocycles. The van der Waals surface area contributed by atoms with E-state index in [9.17, 15) is 9.59 Å². The summed E-state index contributed by atoms with van der Waals surface area (Å²) in [5.41, 5.74) is 1.50. The van der Waals surface area contributed by atoms with Gasteiger partial charge in [0.1, 0.15) is 0 Å². The normalized spacial score (nSPS) is 18.4. The van der Waals surface area contributed by atoms with Crippen molar-refractivity contribution in [2.24, 2.45) is 0 Å². The molecule has 2 heterocycles. The fraction of sp³-hybridized carbons (Fsp3) is 0.385. The molecule has 0 spiro atoms. The third-order valence-corrected chi connectivity index (χ3v) is 3.35. The Hall–Kier alpha value is -2.08. The van der Waals surface area contributed by atoms with Gasteiger partial charge in [0, 0.05) is 31.7 Å². The predicted molar refractivity (Wildman–Crippen MR) is 67.2 cm³/mol. The lowest BCUT2D eigenvalue weighted by atomic mass is 10.1. The van der Waals surface area contributed by atoms with E-state index in [4.69, 9.17) is 4.84 Å². The molecule has 1 N–H and O–H groups in total. The first kappa shape index (κ1) is 12.0.